The summed E-state index contributed by atoms with van der Waals surface area (Å²) in [5.74, 6) is -1.98. The SMILES string of the molecule is NCC(=O)N(CC(N)=O)CC(N)=O. The van der Waals surface area contributed by atoms with Gasteiger partial charge < -0.3 is 22.1 Å². The van der Waals surface area contributed by atoms with E-state index >= 15 is 0 Å². The summed E-state index contributed by atoms with van der Waals surface area (Å²) < 4.78 is 0. The quantitative estimate of drug-likeness (QED) is 0.417. The molecule has 0 unspecified atom stereocenters. The van der Waals surface area contributed by atoms with Crippen LogP contribution in [0.15, 0.2) is 0 Å². The van der Waals surface area contributed by atoms with Crippen LogP contribution in [0.3, 0.4) is 0 Å². The average molecular weight is 188 g/mol. The molecule has 0 fully saturated rings. The second kappa shape index (κ2) is 5.09. The summed E-state index contributed by atoms with van der Waals surface area (Å²) in [6.45, 7) is -0.988. The number of hydrogen-bond donors (Lipinski definition) is 3. The minimum Gasteiger partial charge on any atom is -0.368 e. The van der Waals surface area contributed by atoms with Crippen LogP contribution in [-0.2, 0) is 14.4 Å². The summed E-state index contributed by atoms with van der Waals surface area (Å²) in [5.41, 5.74) is 14.7. The van der Waals surface area contributed by atoms with Gasteiger partial charge in [0.1, 0.15) is 0 Å². The van der Waals surface area contributed by atoms with Gasteiger partial charge in [-0.2, -0.15) is 0 Å². The van der Waals surface area contributed by atoms with Crippen molar-refractivity contribution in [2.75, 3.05) is 19.6 Å². The summed E-state index contributed by atoms with van der Waals surface area (Å²) >= 11 is 0. The molecule has 3 amide bonds. The standard InChI is InChI=1S/C6H12N4O3/c7-1-6(13)10(2-4(8)11)3-5(9)12/h1-3,7H2,(H2,8,11)(H2,9,12). The third kappa shape index (κ3) is 4.75. The Labute approximate surface area is 74.8 Å². The molecule has 0 aliphatic rings. The third-order valence-corrected chi connectivity index (χ3v) is 1.22. The van der Waals surface area contributed by atoms with Crippen molar-refractivity contribution in [1.82, 2.24) is 4.90 Å². The van der Waals surface area contributed by atoms with Gasteiger partial charge in [0.05, 0.1) is 19.6 Å². The summed E-state index contributed by atoms with van der Waals surface area (Å²) in [4.78, 5) is 32.8. The maximum Gasteiger partial charge on any atom is 0.237 e. The normalized spacial score (nSPS) is 9.31. The Balaban J connectivity index is 4.26. The molecule has 0 spiro atoms. The number of hydrogen-bond acceptors (Lipinski definition) is 4. The van der Waals surface area contributed by atoms with Gasteiger partial charge in [-0.3, -0.25) is 14.4 Å². The summed E-state index contributed by atoms with van der Waals surface area (Å²) in [6, 6.07) is 0. The molecule has 0 aliphatic heterocycles. The number of primary amides is 2. The van der Waals surface area contributed by atoms with Crippen molar-refractivity contribution in [1.29, 1.82) is 0 Å². The Morgan fingerprint density at radius 3 is 1.62 bits per heavy atom. The molecule has 6 N–H and O–H groups in total. The van der Waals surface area contributed by atoms with E-state index in [1.54, 1.807) is 0 Å². The zero-order valence-corrected chi connectivity index (χ0v) is 7.03. The zero-order valence-electron chi connectivity index (χ0n) is 7.03. The maximum atomic E-state index is 11.0. The lowest BCUT2D eigenvalue weighted by atomic mass is 10.4. The molecule has 0 heterocycles. The Morgan fingerprint density at radius 2 is 1.38 bits per heavy atom. The second-order valence-corrected chi connectivity index (χ2v) is 2.39. The minimum absolute atomic E-state index is 0.291. The largest absolute Gasteiger partial charge is 0.368 e. The van der Waals surface area contributed by atoms with Crippen LogP contribution in [0.25, 0.3) is 0 Å². The lowest BCUT2D eigenvalue weighted by molar-refractivity contribution is -0.136. The summed E-state index contributed by atoms with van der Waals surface area (Å²) in [6.07, 6.45) is 0. The van der Waals surface area contributed by atoms with Crippen molar-refractivity contribution in [3.05, 3.63) is 0 Å². The molecule has 13 heavy (non-hydrogen) atoms. The predicted molar refractivity (Wildman–Crippen MR) is 44.0 cm³/mol. The van der Waals surface area contributed by atoms with Gasteiger partial charge in [0, 0.05) is 0 Å². The van der Waals surface area contributed by atoms with Gasteiger partial charge in [-0.15, -0.1) is 0 Å². The van der Waals surface area contributed by atoms with E-state index < -0.39 is 17.7 Å². The summed E-state index contributed by atoms with van der Waals surface area (Å²) in [7, 11) is 0. The highest BCUT2D eigenvalue weighted by Gasteiger charge is 2.15. The number of nitrogens with zero attached hydrogens (tertiary/aromatic N) is 1. The molecular formula is C6H12N4O3. The second-order valence-electron chi connectivity index (χ2n) is 2.39. The van der Waals surface area contributed by atoms with Crippen LogP contribution < -0.4 is 17.2 Å². The Kier molecular flexibility index (Phi) is 4.45. The van der Waals surface area contributed by atoms with Crippen molar-refractivity contribution in [3.8, 4) is 0 Å². The highest BCUT2D eigenvalue weighted by atomic mass is 16.2. The molecule has 0 radical (unpaired) electrons. The molecule has 74 valence electrons. The number of rotatable bonds is 5. The lowest BCUT2D eigenvalue weighted by Crippen LogP contribution is -2.45. The fraction of sp³-hybridized carbons (Fsp3) is 0.500. The molecule has 0 aromatic carbocycles. The number of carbonyl (C=O) groups is 3. The maximum absolute atomic E-state index is 11.0. The fourth-order valence-corrected chi connectivity index (χ4v) is 0.738. The van der Waals surface area contributed by atoms with Crippen molar-refractivity contribution < 1.29 is 14.4 Å². The number of amides is 3. The van der Waals surface area contributed by atoms with Crippen molar-refractivity contribution in [2.24, 2.45) is 17.2 Å². The molecule has 7 heteroatoms. The van der Waals surface area contributed by atoms with E-state index in [1.807, 2.05) is 0 Å². The monoisotopic (exact) mass is 188 g/mol. The van der Waals surface area contributed by atoms with Crippen molar-refractivity contribution >= 4 is 17.7 Å². The molecule has 0 rings (SSSR count). The van der Waals surface area contributed by atoms with E-state index in [2.05, 4.69) is 0 Å². The molecule has 0 bridgehead atoms. The van der Waals surface area contributed by atoms with Crippen LogP contribution in [0.4, 0.5) is 0 Å². The van der Waals surface area contributed by atoms with E-state index in [0.29, 0.717) is 0 Å². The van der Waals surface area contributed by atoms with Gasteiger partial charge in [-0.1, -0.05) is 0 Å². The third-order valence-electron chi connectivity index (χ3n) is 1.22. The molecule has 0 saturated carbocycles. The predicted octanol–water partition coefficient (Wildman–Crippen LogP) is -3.26. The minimum atomic E-state index is -0.719. The Morgan fingerprint density at radius 1 is 1.00 bits per heavy atom. The van der Waals surface area contributed by atoms with E-state index in [4.69, 9.17) is 17.2 Å². The Hall–Kier alpha value is -1.63. The first-order valence-electron chi connectivity index (χ1n) is 3.51. The first kappa shape index (κ1) is 11.4. The fourth-order valence-electron chi connectivity index (χ4n) is 0.738. The first-order chi connectivity index (χ1) is 5.97. The smallest absolute Gasteiger partial charge is 0.237 e. The molecule has 0 saturated heterocycles. The first-order valence-corrected chi connectivity index (χ1v) is 3.51. The van der Waals surface area contributed by atoms with Gasteiger partial charge in [0.25, 0.3) is 0 Å². The van der Waals surface area contributed by atoms with Crippen LogP contribution in [0.2, 0.25) is 0 Å². The zero-order chi connectivity index (χ0) is 10.4. The van der Waals surface area contributed by atoms with Crippen LogP contribution in [0.1, 0.15) is 0 Å². The topological polar surface area (TPSA) is 133 Å². The van der Waals surface area contributed by atoms with Crippen LogP contribution in [-0.4, -0.2) is 42.3 Å². The Bertz CT molecular complexity index is 212. The van der Waals surface area contributed by atoms with E-state index in [0.717, 1.165) is 4.90 Å². The lowest BCUT2D eigenvalue weighted by Gasteiger charge is -2.17. The van der Waals surface area contributed by atoms with Crippen LogP contribution in [0.5, 0.6) is 0 Å². The molecule has 0 atom stereocenters. The highest BCUT2D eigenvalue weighted by Crippen LogP contribution is 1.87. The van der Waals surface area contributed by atoms with Gasteiger partial charge >= 0.3 is 0 Å². The highest BCUT2D eigenvalue weighted by molar-refractivity contribution is 5.88. The molecule has 0 aromatic rings. The molecule has 7 nitrogen and oxygen atoms in total. The summed E-state index contributed by atoms with van der Waals surface area (Å²) in [5, 5.41) is 0. The van der Waals surface area contributed by atoms with Gasteiger partial charge in [0.2, 0.25) is 17.7 Å². The van der Waals surface area contributed by atoms with Crippen molar-refractivity contribution in [3.63, 3.8) is 0 Å². The molecule has 0 aromatic heterocycles. The van der Waals surface area contributed by atoms with Gasteiger partial charge in [-0.25, -0.2) is 0 Å². The van der Waals surface area contributed by atoms with Crippen molar-refractivity contribution in [2.45, 2.75) is 0 Å². The number of nitrogens with two attached hydrogens (primary N) is 3. The van der Waals surface area contributed by atoms with E-state index in [9.17, 15) is 14.4 Å². The molecule has 0 aliphatic carbocycles. The van der Waals surface area contributed by atoms with Crippen LogP contribution in [0, 0.1) is 0 Å². The van der Waals surface area contributed by atoms with Gasteiger partial charge in [0.15, 0.2) is 0 Å². The average Bonchev–Trinajstić information content (AvgIpc) is 2.00. The molecular weight excluding hydrogens is 176 g/mol. The van der Waals surface area contributed by atoms with E-state index in [-0.39, 0.29) is 19.6 Å². The van der Waals surface area contributed by atoms with E-state index in [1.165, 1.54) is 0 Å². The van der Waals surface area contributed by atoms with Gasteiger partial charge in [-0.05, 0) is 0 Å². The van der Waals surface area contributed by atoms with Crippen LogP contribution >= 0.6 is 0 Å². The number of carbonyl (C=O) groups excluding carboxylic acids is 3.